The maximum atomic E-state index is 12.8. The van der Waals surface area contributed by atoms with Crippen molar-refractivity contribution in [3.05, 3.63) is 30.1 Å². The highest BCUT2D eigenvalue weighted by Gasteiger charge is 2.33. The van der Waals surface area contributed by atoms with Crippen LogP contribution in [0.2, 0.25) is 0 Å². The fourth-order valence-electron chi connectivity index (χ4n) is 1.79. The molecule has 1 aromatic rings. The zero-order valence-corrected chi connectivity index (χ0v) is 10.4. The molecule has 0 amide bonds. The van der Waals surface area contributed by atoms with Crippen LogP contribution < -0.4 is 5.32 Å². The Kier molecular flexibility index (Phi) is 4.49. The van der Waals surface area contributed by atoms with Gasteiger partial charge in [0.05, 0.1) is 7.11 Å². The van der Waals surface area contributed by atoms with Crippen LogP contribution in [0.5, 0.6) is 0 Å². The molecule has 0 aliphatic rings. The highest BCUT2D eigenvalue weighted by atomic mass is 19.1. The van der Waals surface area contributed by atoms with Crippen LogP contribution >= 0.6 is 0 Å². The van der Waals surface area contributed by atoms with E-state index in [2.05, 4.69) is 5.32 Å². The minimum Gasteiger partial charge on any atom is -0.467 e. The van der Waals surface area contributed by atoms with Crippen molar-refractivity contribution in [3.63, 3.8) is 0 Å². The number of halogens is 1. The first-order valence-electron chi connectivity index (χ1n) is 5.64. The van der Waals surface area contributed by atoms with Crippen molar-refractivity contribution < 1.29 is 13.9 Å². The minimum absolute atomic E-state index is 0.300. The maximum Gasteiger partial charge on any atom is 0.331 e. The van der Waals surface area contributed by atoms with E-state index in [-0.39, 0.29) is 11.8 Å². The van der Waals surface area contributed by atoms with Gasteiger partial charge in [-0.05, 0) is 37.6 Å². The Balaban J connectivity index is 2.86. The first-order chi connectivity index (χ1) is 8.01. The third-order valence-electron chi connectivity index (χ3n) is 2.65. The van der Waals surface area contributed by atoms with Crippen LogP contribution in [0, 0.1) is 5.82 Å². The van der Waals surface area contributed by atoms with Crippen molar-refractivity contribution in [1.29, 1.82) is 0 Å². The maximum absolute atomic E-state index is 12.8. The lowest BCUT2D eigenvalue weighted by Crippen LogP contribution is -2.44. The second-order valence-corrected chi connectivity index (χ2v) is 4.21. The van der Waals surface area contributed by atoms with Gasteiger partial charge >= 0.3 is 5.97 Å². The van der Waals surface area contributed by atoms with E-state index in [1.54, 1.807) is 19.1 Å². The summed E-state index contributed by atoms with van der Waals surface area (Å²) in [5.41, 5.74) is -0.0748. The second kappa shape index (κ2) is 5.66. The molecule has 0 heterocycles. The smallest absolute Gasteiger partial charge is 0.331 e. The first-order valence-corrected chi connectivity index (χ1v) is 5.64. The molecule has 3 nitrogen and oxygen atoms in total. The quantitative estimate of drug-likeness (QED) is 0.803. The van der Waals surface area contributed by atoms with E-state index in [0.717, 1.165) is 6.42 Å². The molecule has 17 heavy (non-hydrogen) atoms. The summed E-state index contributed by atoms with van der Waals surface area (Å²) < 4.78 is 17.6. The Morgan fingerprint density at radius 2 is 2.00 bits per heavy atom. The summed E-state index contributed by atoms with van der Waals surface area (Å²) in [6.07, 6.45) is 1.50. The molecule has 0 aliphatic heterocycles. The molecule has 0 aliphatic carbocycles. The van der Waals surface area contributed by atoms with Gasteiger partial charge in [-0.1, -0.05) is 13.3 Å². The van der Waals surface area contributed by atoms with Gasteiger partial charge in [0.25, 0.3) is 0 Å². The molecular weight excluding hydrogens is 221 g/mol. The predicted molar refractivity (Wildman–Crippen MR) is 65.4 cm³/mol. The Bertz CT molecular complexity index is 378. The van der Waals surface area contributed by atoms with Gasteiger partial charge in [-0.2, -0.15) is 0 Å². The van der Waals surface area contributed by atoms with Crippen molar-refractivity contribution >= 4 is 11.7 Å². The van der Waals surface area contributed by atoms with Crippen LogP contribution in [0.25, 0.3) is 0 Å². The SMILES string of the molecule is CCCC(C)(Nc1ccc(F)cc1)C(=O)OC. The molecule has 94 valence electrons. The Morgan fingerprint density at radius 3 is 2.47 bits per heavy atom. The van der Waals surface area contributed by atoms with Gasteiger partial charge in [-0.15, -0.1) is 0 Å². The van der Waals surface area contributed by atoms with Crippen LogP contribution in [0.3, 0.4) is 0 Å². The summed E-state index contributed by atoms with van der Waals surface area (Å²) in [5.74, 6) is -0.616. The molecular formula is C13H18FNO2. The Hall–Kier alpha value is -1.58. The second-order valence-electron chi connectivity index (χ2n) is 4.21. The van der Waals surface area contributed by atoms with E-state index in [1.807, 2.05) is 6.92 Å². The zero-order chi connectivity index (χ0) is 12.9. The molecule has 4 heteroatoms. The van der Waals surface area contributed by atoms with Crippen LogP contribution in [0.1, 0.15) is 26.7 Å². The minimum atomic E-state index is -0.776. The van der Waals surface area contributed by atoms with Crippen molar-refractivity contribution in [2.45, 2.75) is 32.2 Å². The van der Waals surface area contributed by atoms with E-state index >= 15 is 0 Å². The summed E-state index contributed by atoms with van der Waals surface area (Å²) in [6.45, 7) is 3.78. The van der Waals surface area contributed by atoms with Gasteiger partial charge in [-0.3, -0.25) is 0 Å². The highest BCUT2D eigenvalue weighted by molar-refractivity contribution is 5.83. The Labute approximate surface area is 101 Å². The lowest BCUT2D eigenvalue weighted by molar-refractivity contribution is -0.145. The molecule has 0 aromatic heterocycles. The van der Waals surface area contributed by atoms with Crippen molar-refractivity contribution in [2.75, 3.05) is 12.4 Å². The summed E-state index contributed by atoms with van der Waals surface area (Å²) in [6, 6.07) is 5.91. The number of rotatable bonds is 5. The van der Waals surface area contributed by atoms with Crippen molar-refractivity contribution in [3.8, 4) is 0 Å². The molecule has 1 aromatic carbocycles. The monoisotopic (exact) mass is 239 g/mol. The highest BCUT2D eigenvalue weighted by Crippen LogP contribution is 2.21. The molecule has 1 rings (SSSR count). The largest absolute Gasteiger partial charge is 0.467 e. The van der Waals surface area contributed by atoms with Gasteiger partial charge in [0.1, 0.15) is 11.4 Å². The molecule has 0 saturated carbocycles. The molecule has 0 saturated heterocycles. The third kappa shape index (κ3) is 3.44. The van der Waals surface area contributed by atoms with Crippen molar-refractivity contribution in [2.24, 2.45) is 0 Å². The fraction of sp³-hybridized carbons (Fsp3) is 0.462. The van der Waals surface area contributed by atoms with E-state index in [0.29, 0.717) is 12.1 Å². The van der Waals surface area contributed by atoms with E-state index in [4.69, 9.17) is 4.74 Å². The van der Waals surface area contributed by atoms with Gasteiger partial charge in [0.15, 0.2) is 0 Å². The molecule has 1 atom stereocenters. The normalized spacial score (nSPS) is 13.9. The van der Waals surface area contributed by atoms with Crippen molar-refractivity contribution in [1.82, 2.24) is 0 Å². The van der Waals surface area contributed by atoms with Gasteiger partial charge < -0.3 is 10.1 Å². The molecule has 1 N–H and O–H groups in total. The number of hydrogen-bond acceptors (Lipinski definition) is 3. The predicted octanol–water partition coefficient (Wildman–Crippen LogP) is 2.97. The van der Waals surface area contributed by atoms with Crippen LogP contribution in [-0.2, 0) is 9.53 Å². The summed E-state index contributed by atoms with van der Waals surface area (Å²) in [4.78, 5) is 11.7. The van der Waals surface area contributed by atoms with Crippen LogP contribution in [-0.4, -0.2) is 18.6 Å². The van der Waals surface area contributed by atoms with Crippen LogP contribution in [0.15, 0.2) is 24.3 Å². The molecule has 0 bridgehead atoms. The molecule has 0 radical (unpaired) electrons. The molecule has 0 spiro atoms. The number of anilines is 1. The number of carbonyl (C=O) groups excluding carboxylic acids is 1. The van der Waals surface area contributed by atoms with Gasteiger partial charge in [0.2, 0.25) is 0 Å². The lowest BCUT2D eigenvalue weighted by Gasteiger charge is -2.28. The fourth-order valence-corrected chi connectivity index (χ4v) is 1.79. The third-order valence-corrected chi connectivity index (χ3v) is 2.65. The Morgan fingerprint density at radius 1 is 1.41 bits per heavy atom. The van der Waals surface area contributed by atoms with Gasteiger partial charge in [0, 0.05) is 5.69 Å². The number of methoxy groups -OCH3 is 1. The molecule has 1 unspecified atom stereocenters. The number of benzene rings is 1. The zero-order valence-electron chi connectivity index (χ0n) is 10.4. The number of esters is 1. The number of carbonyl (C=O) groups is 1. The number of hydrogen-bond donors (Lipinski definition) is 1. The topological polar surface area (TPSA) is 38.3 Å². The average Bonchev–Trinajstić information content (AvgIpc) is 2.31. The number of ether oxygens (including phenoxy) is 1. The summed E-state index contributed by atoms with van der Waals surface area (Å²) >= 11 is 0. The summed E-state index contributed by atoms with van der Waals surface area (Å²) in [7, 11) is 1.36. The number of nitrogens with one attached hydrogen (secondary N) is 1. The van der Waals surface area contributed by atoms with Crippen LogP contribution in [0.4, 0.5) is 10.1 Å². The average molecular weight is 239 g/mol. The van der Waals surface area contributed by atoms with E-state index in [9.17, 15) is 9.18 Å². The first kappa shape index (κ1) is 13.5. The molecule has 0 fully saturated rings. The van der Waals surface area contributed by atoms with E-state index < -0.39 is 5.54 Å². The lowest BCUT2D eigenvalue weighted by atomic mass is 9.96. The summed E-state index contributed by atoms with van der Waals surface area (Å²) in [5, 5.41) is 3.09. The standard InChI is InChI=1S/C13H18FNO2/c1-4-9-13(2,12(16)17-3)15-11-7-5-10(14)6-8-11/h5-8,15H,4,9H2,1-3H3. The van der Waals surface area contributed by atoms with Gasteiger partial charge in [-0.25, -0.2) is 9.18 Å². The van der Waals surface area contributed by atoms with E-state index in [1.165, 1.54) is 19.2 Å².